The highest BCUT2D eigenvalue weighted by Gasteiger charge is 2.41. The predicted octanol–water partition coefficient (Wildman–Crippen LogP) is 9.53. The zero-order valence-electron chi connectivity index (χ0n) is 25.5. The van der Waals surface area contributed by atoms with Gasteiger partial charge in [-0.25, -0.2) is 4.79 Å². The van der Waals surface area contributed by atoms with Crippen molar-refractivity contribution in [2.75, 3.05) is 26.3 Å². The molecule has 0 aromatic heterocycles. The van der Waals surface area contributed by atoms with Gasteiger partial charge in [0.25, 0.3) is 0 Å². The van der Waals surface area contributed by atoms with Gasteiger partial charge in [0.2, 0.25) is 0 Å². The van der Waals surface area contributed by atoms with E-state index in [0.717, 1.165) is 34.4 Å². The number of halogens is 4. The van der Waals surface area contributed by atoms with Crippen molar-refractivity contribution < 1.29 is 28.8 Å². The average molecular weight is 719 g/mol. The molecular formula is C36H35Cl4NO6. The van der Waals surface area contributed by atoms with E-state index in [0.29, 0.717) is 39.9 Å². The third-order valence-corrected chi connectivity index (χ3v) is 9.32. The predicted molar refractivity (Wildman–Crippen MR) is 185 cm³/mol. The Bertz CT molecular complexity index is 1540. The Kier molecular flexibility index (Phi) is 13.1. The molecule has 5 rings (SSSR count). The molecule has 1 unspecified atom stereocenters. The molecular weight excluding hydrogens is 684 g/mol. The molecule has 1 heterocycles. The second-order valence-corrected chi connectivity index (χ2v) is 12.8. The molecule has 1 aliphatic heterocycles. The summed E-state index contributed by atoms with van der Waals surface area (Å²) in [6.45, 7) is 2.40. The van der Waals surface area contributed by atoms with Crippen LogP contribution < -0.4 is 4.74 Å². The fraction of sp³-hybridized carbons (Fsp3) is 0.306. The van der Waals surface area contributed by atoms with Gasteiger partial charge >= 0.3 is 6.09 Å². The van der Waals surface area contributed by atoms with E-state index in [4.69, 9.17) is 65.4 Å². The highest BCUT2D eigenvalue weighted by molar-refractivity contribution is 6.42. The van der Waals surface area contributed by atoms with Crippen molar-refractivity contribution in [3.63, 3.8) is 0 Å². The van der Waals surface area contributed by atoms with Crippen LogP contribution in [0.1, 0.15) is 34.6 Å². The SMILES string of the molecule is O=C(O)N1C[C@H](OCc2ccc(Cl)c(Cl)c2)C(c2ccc(OCCCOCc3ccccc3)cc2)[C@H](OCc2ccc(Cl)c(Cl)c2)C1. The van der Waals surface area contributed by atoms with Crippen molar-refractivity contribution in [3.8, 4) is 5.75 Å². The first-order valence-corrected chi connectivity index (χ1v) is 16.7. The molecule has 0 saturated carbocycles. The van der Waals surface area contributed by atoms with Crippen LogP contribution in [0.25, 0.3) is 0 Å². The minimum absolute atomic E-state index is 0.162. The van der Waals surface area contributed by atoms with Gasteiger partial charge in [-0.05, 0) is 58.7 Å². The molecule has 248 valence electrons. The van der Waals surface area contributed by atoms with E-state index < -0.39 is 18.3 Å². The van der Waals surface area contributed by atoms with Gasteiger partial charge in [-0.15, -0.1) is 0 Å². The van der Waals surface area contributed by atoms with Gasteiger partial charge in [0.15, 0.2) is 0 Å². The second kappa shape index (κ2) is 17.4. The summed E-state index contributed by atoms with van der Waals surface area (Å²) in [6, 6.07) is 28.4. The number of hydrogen-bond acceptors (Lipinski definition) is 5. The van der Waals surface area contributed by atoms with Gasteiger partial charge in [0.05, 0.1) is 78.4 Å². The maximum absolute atomic E-state index is 12.2. The normalized spacial score (nSPS) is 17.9. The Labute approximate surface area is 294 Å². The van der Waals surface area contributed by atoms with E-state index in [-0.39, 0.29) is 32.2 Å². The number of likely N-dealkylation sites (tertiary alicyclic amines) is 1. The van der Waals surface area contributed by atoms with Crippen LogP contribution in [-0.4, -0.2) is 54.6 Å². The van der Waals surface area contributed by atoms with Crippen molar-refractivity contribution in [3.05, 3.63) is 133 Å². The lowest BCUT2D eigenvalue weighted by molar-refractivity contribution is -0.0937. The summed E-state index contributed by atoms with van der Waals surface area (Å²) in [5.74, 6) is 0.429. The van der Waals surface area contributed by atoms with E-state index >= 15 is 0 Å². The first-order valence-electron chi connectivity index (χ1n) is 15.2. The number of carboxylic acid groups (broad SMARTS) is 1. The van der Waals surface area contributed by atoms with Crippen LogP contribution in [0.4, 0.5) is 4.79 Å². The number of carbonyl (C=O) groups is 1. The largest absolute Gasteiger partial charge is 0.494 e. The second-order valence-electron chi connectivity index (χ2n) is 11.2. The third-order valence-electron chi connectivity index (χ3n) is 7.85. The lowest BCUT2D eigenvalue weighted by Crippen LogP contribution is -2.54. The summed E-state index contributed by atoms with van der Waals surface area (Å²) in [7, 11) is 0. The van der Waals surface area contributed by atoms with Crippen molar-refractivity contribution in [1.82, 2.24) is 4.90 Å². The molecule has 7 nitrogen and oxygen atoms in total. The minimum atomic E-state index is -1.05. The topological polar surface area (TPSA) is 77.5 Å². The van der Waals surface area contributed by atoms with Crippen molar-refractivity contribution in [2.24, 2.45) is 0 Å². The molecule has 3 atom stereocenters. The monoisotopic (exact) mass is 717 g/mol. The molecule has 0 radical (unpaired) electrons. The summed E-state index contributed by atoms with van der Waals surface area (Å²) in [5, 5.41) is 11.7. The molecule has 1 amide bonds. The standard InChI is InChI=1S/C36H35Cl4NO6/c37-29-13-7-25(17-31(29)39)22-46-33-19-41(36(42)43)20-34(47-23-26-8-14-30(38)32(40)18-26)35(33)27-9-11-28(12-10-27)45-16-4-15-44-21-24-5-2-1-3-6-24/h1-3,5-14,17-18,33-35H,4,15-16,19-23H2,(H,42,43)/t33-,34+,35?. The van der Waals surface area contributed by atoms with E-state index in [1.54, 1.807) is 24.3 Å². The maximum Gasteiger partial charge on any atom is 0.407 e. The molecule has 4 aromatic rings. The molecule has 1 fully saturated rings. The number of amides is 1. The smallest absolute Gasteiger partial charge is 0.407 e. The molecule has 47 heavy (non-hydrogen) atoms. The van der Waals surface area contributed by atoms with E-state index in [2.05, 4.69) is 0 Å². The quantitative estimate of drug-likeness (QED) is 0.131. The Morgan fingerprint density at radius 2 is 1.26 bits per heavy atom. The van der Waals surface area contributed by atoms with Crippen molar-refractivity contribution >= 4 is 52.5 Å². The molecule has 0 bridgehead atoms. The van der Waals surface area contributed by atoms with Gasteiger partial charge in [-0.1, -0.05) is 101 Å². The highest BCUT2D eigenvalue weighted by Crippen LogP contribution is 2.35. The lowest BCUT2D eigenvalue weighted by Gasteiger charge is -2.42. The van der Waals surface area contributed by atoms with Crippen LogP contribution in [0.2, 0.25) is 20.1 Å². The highest BCUT2D eigenvalue weighted by atomic mass is 35.5. The zero-order chi connectivity index (χ0) is 33.2. The van der Waals surface area contributed by atoms with Crippen LogP contribution in [0, 0.1) is 0 Å². The maximum atomic E-state index is 12.2. The summed E-state index contributed by atoms with van der Waals surface area (Å²) in [6.07, 6.45) is -1.35. The van der Waals surface area contributed by atoms with Crippen molar-refractivity contribution in [1.29, 1.82) is 0 Å². The Hall–Kier alpha value is -3.01. The Balaban J connectivity index is 1.28. The first kappa shape index (κ1) is 35.3. The van der Waals surface area contributed by atoms with Crippen molar-refractivity contribution in [2.45, 2.75) is 44.4 Å². The first-order chi connectivity index (χ1) is 22.8. The summed E-state index contributed by atoms with van der Waals surface area (Å²) in [5.41, 5.74) is 3.70. The number of ether oxygens (including phenoxy) is 4. The molecule has 4 aromatic carbocycles. The van der Waals surface area contributed by atoms with Crippen LogP contribution in [0.5, 0.6) is 5.75 Å². The summed E-state index contributed by atoms with van der Waals surface area (Å²) >= 11 is 24.7. The molecule has 0 spiro atoms. The van der Waals surface area contributed by atoms with E-state index in [9.17, 15) is 9.90 Å². The fourth-order valence-corrected chi connectivity index (χ4v) is 6.08. The minimum Gasteiger partial charge on any atom is -0.494 e. The van der Waals surface area contributed by atoms with Crippen LogP contribution >= 0.6 is 46.4 Å². The van der Waals surface area contributed by atoms with E-state index in [1.165, 1.54) is 4.90 Å². The molecule has 0 aliphatic carbocycles. The fourth-order valence-electron chi connectivity index (χ4n) is 5.44. The van der Waals surface area contributed by atoms with E-state index in [1.807, 2.05) is 66.7 Å². The number of rotatable bonds is 14. The zero-order valence-corrected chi connectivity index (χ0v) is 28.5. The Morgan fingerprint density at radius 1 is 0.681 bits per heavy atom. The van der Waals surface area contributed by atoms with Gasteiger partial charge in [-0.3, -0.25) is 0 Å². The molecule has 1 aliphatic rings. The lowest BCUT2D eigenvalue weighted by atomic mass is 9.84. The van der Waals surface area contributed by atoms with Gasteiger partial charge < -0.3 is 29.0 Å². The van der Waals surface area contributed by atoms with Gasteiger partial charge in [-0.2, -0.15) is 0 Å². The Morgan fingerprint density at radius 3 is 1.79 bits per heavy atom. The molecule has 1 N–H and O–H groups in total. The van der Waals surface area contributed by atoms with Crippen LogP contribution in [-0.2, 0) is 34.0 Å². The third kappa shape index (κ3) is 10.2. The van der Waals surface area contributed by atoms with Crippen LogP contribution in [0.15, 0.2) is 91.0 Å². The van der Waals surface area contributed by atoms with Gasteiger partial charge in [0, 0.05) is 12.3 Å². The average Bonchev–Trinajstić information content (AvgIpc) is 3.08. The van der Waals surface area contributed by atoms with Gasteiger partial charge in [0.1, 0.15) is 5.75 Å². The van der Waals surface area contributed by atoms with Crippen LogP contribution in [0.3, 0.4) is 0 Å². The number of piperidine rings is 1. The number of hydrogen-bond donors (Lipinski definition) is 1. The number of benzene rings is 4. The number of nitrogens with zero attached hydrogens (tertiary/aromatic N) is 1. The summed E-state index contributed by atoms with van der Waals surface area (Å²) < 4.78 is 24.6. The molecule has 11 heteroatoms. The molecule has 1 saturated heterocycles. The summed E-state index contributed by atoms with van der Waals surface area (Å²) in [4.78, 5) is 13.5.